The van der Waals surface area contributed by atoms with Crippen molar-refractivity contribution in [3.05, 3.63) is 59.8 Å². The topological polar surface area (TPSA) is 72.8 Å². The first-order chi connectivity index (χ1) is 12.4. The van der Waals surface area contributed by atoms with Crippen LogP contribution in [0, 0.1) is 0 Å². The maximum atomic E-state index is 10.7. The van der Waals surface area contributed by atoms with Crippen LogP contribution in [0.4, 0.5) is 5.82 Å². The van der Waals surface area contributed by atoms with Crippen molar-refractivity contribution in [1.29, 1.82) is 0 Å². The molecular weight excluding hydrogens is 326 g/mol. The van der Waals surface area contributed by atoms with Gasteiger partial charge in [0, 0.05) is 32.4 Å². The van der Waals surface area contributed by atoms with Crippen molar-refractivity contribution >= 4 is 11.8 Å². The Morgan fingerprint density at radius 1 is 1.15 bits per heavy atom. The monoisotopic (exact) mass is 355 g/mol. The maximum Gasteiger partial charge on any atom is 0.191 e. The zero-order chi connectivity index (χ0) is 19.0. The molecule has 1 unspecified atom stereocenters. The van der Waals surface area contributed by atoms with Crippen molar-refractivity contribution < 1.29 is 5.11 Å². The molecule has 0 saturated heterocycles. The summed E-state index contributed by atoms with van der Waals surface area (Å²) in [7, 11) is 3.94. The van der Waals surface area contributed by atoms with Gasteiger partial charge < -0.3 is 20.6 Å². The Kier molecular flexibility index (Phi) is 6.97. The first-order valence-corrected chi connectivity index (χ1v) is 8.85. The Bertz CT molecular complexity index is 713. The van der Waals surface area contributed by atoms with Gasteiger partial charge in [0.2, 0.25) is 0 Å². The van der Waals surface area contributed by atoms with Gasteiger partial charge in [-0.05, 0) is 25.5 Å². The molecule has 0 spiro atoms. The molecule has 0 bridgehead atoms. The molecule has 1 heterocycles. The first kappa shape index (κ1) is 19.7. The smallest absolute Gasteiger partial charge is 0.191 e. The van der Waals surface area contributed by atoms with E-state index in [2.05, 4.69) is 20.6 Å². The molecule has 0 fully saturated rings. The SMILES string of the molecule is CCNC(=NCc1cccnc1N(C)C)NCC(C)(O)c1ccccc1. The maximum absolute atomic E-state index is 10.7. The number of benzene rings is 1. The van der Waals surface area contributed by atoms with Crippen LogP contribution in [0.15, 0.2) is 53.7 Å². The van der Waals surface area contributed by atoms with Crippen molar-refractivity contribution in [2.45, 2.75) is 26.0 Å². The molecule has 0 aliphatic rings. The average molecular weight is 355 g/mol. The van der Waals surface area contributed by atoms with Gasteiger partial charge in [0.1, 0.15) is 11.4 Å². The molecule has 1 aromatic carbocycles. The minimum absolute atomic E-state index is 0.358. The third kappa shape index (κ3) is 5.46. The lowest BCUT2D eigenvalue weighted by molar-refractivity contribution is 0.0617. The van der Waals surface area contributed by atoms with Gasteiger partial charge >= 0.3 is 0 Å². The number of pyridine rings is 1. The normalized spacial score (nSPS) is 13.8. The first-order valence-electron chi connectivity index (χ1n) is 8.85. The summed E-state index contributed by atoms with van der Waals surface area (Å²) in [5, 5.41) is 17.2. The lowest BCUT2D eigenvalue weighted by Gasteiger charge is -2.25. The molecule has 26 heavy (non-hydrogen) atoms. The second kappa shape index (κ2) is 9.20. The van der Waals surface area contributed by atoms with Crippen LogP contribution in [0.3, 0.4) is 0 Å². The fraction of sp³-hybridized carbons (Fsp3) is 0.400. The van der Waals surface area contributed by atoms with Crippen LogP contribution < -0.4 is 15.5 Å². The molecule has 1 atom stereocenters. The van der Waals surface area contributed by atoms with E-state index in [9.17, 15) is 5.11 Å². The number of aromatic nitrogens is 1. The zero-order valence-corrected chi connectivity index (χ0v) is 16.0. The van der Waals surface area contributed by atoms with Crippen molar-refractivity contribution in [2.24, 2.45) is 4.99 Å². The minimum Gasteiger partial charge on any atom is -0.384 e. The molecule has 0 aliphatic carbocycles. The number of hydrogen-bond acceptors (Lipinski definition) is 4. The van der Waals surface area contributed by atoms with Gasteiger partial charge in [0.15, 0.2) is 5.96 Å². The molecule has 0 amide bonds. The van der Waals surface area contributed by atoms with Gasteiger partial charge in [0.25, 0.3) is 0 Å². The number of hydrogen-bond donors (Lipinski definition) is 3. The van der Waals surface area contributed by atoms with Crippen LogP contribution in [0.5, 0.6) is 0 Å². The fourth-order valence-electron chi connectivity index (χ4n) is 2.62. The number of nitrogens with zero attached hydrogens (tertiary/aromatic N) is 3. The standard InChI is InChI=1S/C20H29N5O/c1-5-21-19(23-14-16-10-9-13-22-18(16)25(3)4)24-15-20(2,26)17-11-7-6-8-12-17/h6-13,26H,5,14-15H2,1-4H3,(H2,21,23,24). The lowest BCUT2D eigenvalue weighted by atomic mass is 9.96. The van der Waals surface area contributed by atoms with E-state index in [4.69, 9.17) is 0 Å². The number of guanidine groups is 1. The molecule has 6 heteroatoms. The summed E-state index contributed by atoms with van der Waals surface area (Å²) in [6, 6.07) is 13.6. The van der Waals surface area contributed by atoms with E-state index in [-0.39, 0.29) is 0 Å². The Hall–Kier alpha value is -2.60. The number of nitrogens with one attached hydrogen (secondary N) is 2. The van der Waals surface area contributed by atoms with E-state index in [1.54, 1.807) is 13.1 Å². The molecule has 0 radical (unpaired) electrons. The summed E-state index contributed by atoms with van der Waals surface area (Å²) in [6.07, 6.45) is 1.78. The van der Waals surface area contributed by atoms with E-state index in [0.29, 0.717) is 19.0 Å². The average Bonchev–Trinajstić information content (AvgIpc) is 2.65. The largest absolute Gasteiger partial charge is 0.384 e. The highest BCUT2D eigenvalue weighted by atomic mass is 16.3. The van der Waals surface area contributed by atoms with E-state index in [1.165, 1.54) is 0 Å². The van der Waals surface area contributed by atoms with Gasteiger partial charge in [-0.3, -0.25) is 0 Å². The molecule has 6 nitrogen and oxygen atoms in total. The molecule has 140 valence electrons. The van der Waals surface area contributed by atoms with Crippen LogP contribution in [0.1, 0.15) is 25.0 Å². The Balaban J connectivity index is 2.08. The molecule has 3 N–H and O–H groups in total. The van der Waals surface area contributed by atoms with Gasteiger partial charge in [0.05, 0.1) is 13.1 Å². The highest BCUT2D eigenvalue weighted by Gasteiger charge is 2.22. The van der Waals surface area contributed by atoms with Crippen molar-refractivity contribution in [3.8, 4) is 0 Å². The number of aliphatic imine (C=N–C) groups is 1. The molecule has 2 aromatic rings. The van der Waals surface area contributed by atoms with Gasteiger partial charge in [-0.1, -0.05) is 36.4 Å². The highest BCUT2D eigenvalue weighted by Crippen LogP contribution is 2.19. The molecule has 0 aliphatic heterocycles. The van der Waals surface area contributed by atoms with Gasteiger partial charge in [-0.25, -0.2) is 9.98 Å². The van der Waals surface area contributed by atoms with E-state index < -0.39 is 5.60 Å². The number of anilines is 1. The van der Waals surface area contributed by atoms with Crippen LogP contribution >= 0.6 is 0 Å². The summed E-state index contributed by atoms with van der Waals surface area (Å²) < 4.78 is 0. The van der Waals surface area contributed by atoms with Crippen molar-refractivity contribution in [2.75, 3.05) is 32.1 Å². The number of rotatable bonds is 7. The zero-order valence-electron chi connectivity index (χ0n) is 16.0. The molecule has 0 saturated carbocycles. The highest BCUT2D eigenvalue weighted by molar-refractivity contribution is 5.80. The predicted molar refractivity (Wildman–Crippen MR) is 107 cm³/mol. The quantitative estimate of drug-likeness (QED) is 0.524. The predicted octanol–water partition coefficient (Wildman–Crippen LogP) is 2.11. The fourth-order valence-corrected chi connectivity index (χ4v) is 2.62. The Morgan fingerprint density at radius 2 is 1.88 bits per heavy atom. The van der Waals surface area contributed by atoms with Crippen LogP contribution in [-0.2, 0) is 12.1 Å². The molecule has 1 aromatic heterocycles. The van der Waals surface area contributed by atoms with E-state index in [0.717, 1.165) is 23.5 Å². The van der Waals surface area contributed by atoms with Crippen LogP contribution in [0.2, 0.25) is 0 Å². The van der Waals surface area contributed by atoms with Crippen molar-refractivity contribution in [3.63, 3.8) is 0 Å². The van der Waals surface area contributed by atoms with Gasteiger partial charge in [-0.15, -0.1) is 0 Å². The summed E-state index contributed by atoms with van der Waals surface area (Å²) in [4.78, 5) is 11.0. The van der Waals surface area contributed by atoms with Gasteiger partial charge in [-0.2, -0.15) is 0 Å². The molecular formula is C20H29N5O. The third-order valence-electron chi connectivity index (χ3n) is 4.04. The Morgan fingerprint density at radius 3 is 2.54 bits per heavy atom. The summed E-state index contributed by atoms with van der Waals surface area (Å²) in [5.41, 5.74) is 0.926. The summed E-state index contributed by atoms with van der Waals surface area (Å²) in [5.74, 6) is 1.57. The summed E-state index contributed by atoms with van der Waals surface area (Å²) >= 11 is 0. The number of aliphatic hydroxyl groups is 1. The Labute approximate surface area is 156 Å². The van der Waals surface area contributed by atoms with Crippen molar-refractivity contribution in [1.82, 2.24) is 15.6 Å². The second-order valence-electron chi connectivity index (χ2n) is 6.57. The van der Waals surface area contributed by atoms with E-state index >= 15 is 0 Å². The van der Waals surface area contributed by atoms with Crippen LogP contribution in [-0.4, -0.2) is 43.2 Å². The lowest BCUT2D eigenvalue weighted by Crippen LogP contribution is -2.44. The third-order valence-corrected chi connectivity index (χ3v) is 4.04. The van der Waals surface area contributed by atoms with Crippen LogP contribution in [0.25, 0.3) is 0 Å². The summed E-state index contributed by atoms with van der Waals surface area (Å²) in [6.45, 7) is 5.42. The minimum atomic E-state index is -0.986. The van der Waals surface area contributed by atoms with E-state index in [1.807, 2.05) is 68.4 Å². The molecule has 2 rings (SSSR count). The second-order valence-corrected chi connectivity index (χ2v) is 6.57.